The molecule has 0 aliphatic rings. The number of amides is 1. The predicted molar refractivity (Wildman–Crippen MR) is 74.0 cm³/mol. The van der Waals surface area contributed by atoms with Gasteiger partial charge in [-0.05, 0) is 29.5 Å². The molecule has 0 bridgehead atoms. The number of Topliss-reactive ketones (excluding diaryl/α,β-unsaturated/α-hetero) is 1. The number of anilines is 1. The van der Waals surface area contributed by atoms with E-state index in [1.54, 1.807) is 7.05 Å². The Hall–Kier alpha value is -1.64. The van der Waals surface area contributed by atoms with Gasteiger partial charge in [-0.15, -0.1) is 0 Å². The molecule has 0 aliphatic heterocycles. The van der Waals surface area contributed by atoms with Gasteiger partial charge >= 0.3 is 0 Å². The van der Waals surface area contributed by atoms with Crippen LogP contribution in [0.15, 0.2) is 18.2 Å². The molecular weight excluding hydrogens is 226 g/mol. The van der Waals surface area contributed by atoms with Crippen LogP contribution in [0.5, 0.6) is 0 Å². The number of nitrogens with zero attached hydrogens (tertiary/aromatic N) is 1. The smallest absolute Gasteiger partial charge is 0.293 e. The standard InChI is InChI=1S/C15H21NO2/c1-10-7-8-12(15(3,4)5)9-13(10)16(6)14(18)11(2)17/h7-9H,1-6H3. The first kappa shape index (κ1) is 14.4. The summed E-state index contributed by atoms with van der Waals surface area (Å²) in [6, 6.07) is 6.03. The van der Waals surface area contributed by atoms with Crippen molar-refractivity contribution in [1.29, 1.82) is 0 Å². The van der Waals surface area contributed by atoms with Crippen LogP contribution in [0.25, 0.3) is 0 Å². The Labute approximate surface area is 109 Å². The van der Waals surface area contributed by atoms with Crippen LogP contribution in [0.2, 0.25) is 0 Å². The van der Waals surface area contributed by atoms with Crippen molar-refractivity contribution in [3.63, 3.8) is 0 Å². The van der Waals surface area contributed by atoms with E-state index >= 15 is 0 Å². The predicted octanol–water partition coefficient (Wildman–Crippen LogP) is 2.84. The van der Waals surface area contributed by atoms with Crippen molar-refractivity contribution >= 4 is 17.4 Å². The first-order chi connectivity index (χ1) is 8.14. The van der Waals surface area contributed by atoms with E-state index in [0.29, 0.717) is 0 Å². The van der Waals surface area contributed by atoms with Crippen molar-refractivity contribution in [1.82, 2.24) is 0 Å². The number of carbonyl (C=O) groups excluding carboxylic acids is 2. The van der Waals surface area contributed by atoms with Crippen LogP contribution in [-0.4, -0.2) is 18.7 Å². The SMILES string of the molecule is CC(=O)C(=O)N(C)c1cc(C(C)(C)C)ccc1C. The maximum absolute atomic E-state index is 11.7. The molecule has 0 saturated heterocycles. The molecule has 0 unspecified atom stereocenters. The van der Waals surface area contributed by atoms with Crippen LogP contribution in [0, 0.1) is 6.92 Å². The number of ketones is 1. The van der Waals surface area contributed by atoms with E-state index in [9.17, 15) is 9.59 Å². The molecule has 0 fully saturated rings. The number of carbonyl (C=O) groups is 2. The fourth-order valence-corrected chi connectivity index (χ4v) is 1.78. The van der Waals surface area contributed by atoms with Crippen molar-refractivity contribution in [2.24, 2.45) is 0 Å². The highest BCUT2D eigenvalue weighted by Gasteiger charge is 2.20. The van der Waals surface area contributed by atoms with Crippen LogP contribution in [0.1, 0.15) is 38.8 Å². The lowest BCUT2D eigenvalue weighted by Crippen LogP contribution is -2.32. The van der Waals surface area contributed by atoms with Gasteiger partial charge in [0.1, 0.15) is 0 Å². The molecule has 1 aromatic rings. The number of benzene rings is 1. The Morgan fingerprint density at radius 2 is 1.72 bits per heavy atom. The average Bonchev–Trinajstić information content (AvgIpc) is 2.26. The highest BCUT2D eigenvalue weighted by Crippen LogP contribution is 2.28. The zero-order valence-corrected chi connectivity index (χ0v) is 12.0. The fourth-order valence-electron chi connectivity index (χ4n) is 1.78. The molecular formula is C15H21NO2. The number of hydrogen-bond donors (Lipinski definition) is 0. The molecule has 1 rings (SSSR count). The molecule has 1 amide bonds. The van der Waals surface area contributed by atoms with Crippen molar-refractivity contribution < 1.29 is 9.59 Å². The zero-order valence-electron chi connectivity index (χ0n) is 12.0. The summed E-state index contributed by atoms with van der Waals surface area (Å²) in [6.45, 7) is 9.59. The second-order valence-corrected chi connectivity index (χ2v) is 5.67. The van der Waals surface area contributed by atoms with E-state index in [0.717, 1.165) is 16.8 Å². The van der Waals surface area contributed by atoms with Gasteiger partial charge in [0, 0.05) is 19.7 Å². The van der Waals surface area contributed by atoms with Gasteiger partial charge in [0.05, 0.1) is 0 Å². The van der Waals surface area contributed by atoms with Gasteiger partial charge in [0.2, 0.25) is 5.78 Å². The Bertz CT molecular complexity index is 484. The molecule has 0 aromatic heterocycles. The van der Waals surface area contributed by atoms with E-state index in [4.69, 9.17) is 0 Å². The Balaban J connectivity index is 3.24. The van der Waals surface area contributed by atoms with Gasteiger partial charge in [0.15, 0.2) is 0 Å². The number of likely N-dealkylation sites (N-methyl/N-ethyl adjacent to an activating group) is 1. The monoisotopic (exact) mass is 247 g/mol. The van der Waals surface area contributed by atoms with E-state index in [2.05, 4.69) is 26.8 Å². The summed E-state index contributed by atoms with van der Waals surface area (Å²) >= 11 is 0. The van der Waals surface area contributed by atoms with Crippen LogP contribution in [-0.2, 0) is 15.0 Å². The minimum Gasteiger partial charge on any atom is -0.309 e. The summed E-state index contributed by atoms with van der Waals surface area (Å²) in [6.07, 6.45) is 0. The zero-order chi connectivity index (χ0) is 14.1. The second kappa shape index (κ2) is 4.92. The summed E-state index contributed by atoms with van der Waals surface area (Å²) in [7, 11) is 1.64. The van der Waals surface area contributed by atoms with E-state index in [1.807, 2.05) is 19.1 Å². The lowest BCUT2D eigenvalue weighted by atomic mass is 9.86. The van der Waals surface area contributed by atoms with Gasteiger partial charge in [-0.3, -0.25) is 9.59 Å². The lowest BCUT2D eigenvalue weighted by molar-refractivity contribution is -0.134. The third kappa shape index (κ3) is 2.97. The van der Waals surface area contributed by atoms with Gasteiger partial charge in [-0.2, -0.15) is 0 Å². The van der Waals surface area contributed by atoms with Crippen LogP contribution < -0.4 is 4.90 Å². The third-order valence-electron chi connectivity index (χ3n) is 3.04. The summed E-state index contributed by atoms with van der Waals surface area (Å²) in [5.41, 5.74) is 2.94. The largest absolute Gasteiger partial charge is 0.309 e. The summed E-state index contributed by atoms with van der Waals surface area (Å²) in [4.78, 5) is 24.3. The maximum Gasteiger partial charge on any atom is 0.293 e. The Kier molecular flexibility index (Phi) is 3.95. The number of hydrogen-bond acceptors (Lipinski definition) is 2. The molecule has 98 valence electrons. The molecule has 3 nitrogen and oxygen atoms in total. The van der Waals surface area contributed by atoms with Gasteiger partial charge in [0.25, 0.3) is 5.91 Å². The Morgan fingerprint density at radius 1 is 1.17 bits per heavy atom. The van der Waals surface area contributed by atoms with Crippen LogP contribution >= 0.6 is 0 Å². The third-order valence-corrected chi connectivity index (χ3v) is 3.04. The minimum atomic E-state index is -0.482. The van der Waals surface area contributed by atoms with E-state index in [-0.39, 0.29) is 5.41 Å². The lowest BCUT2D eigenvalue weighted by Gasteiger charge is -2.24. The first-order valence-electron chi connectivity index (χ1n) is 6.04. The van der Waals surface area contributed by atoms with Crippen LogP contribution in [0.4, 0.5) is 5.69 Å². The highest BCUT2D eigenvalue weighted by molar-refractivity contribution is 6.40. The summed E-state index contributed by atoms with van der Waals surface area (Å²) in [5, 5.41) is 0. The molecule has 0 atom stereocenters. The average molecular weight is 247 g/mol. The minimum absolute atomic E-state index is 0.0164. The molecule has 0 aliphatic carbocycles. The van der Waals surface area contributed by atoms with Gasteiger partial charge < -0.3 is 4.90 Å². The normalized spacial score (nSPS) is 11.2. The number of rotatable bonds is 2. The highest BCUT2D eigenvalue weighted by atomic mass is 16.2. The molecule has 0 heterocycles. The van der Waals surface area contributed by atoms with Crippen LogP contribution in [0.3, 0.4) is 0 Å². The fraction of sp³-hybridized carbons (Fsp3) is 0.467. The summed E-state index contributed by atoms with van der Waals surface area (Å²) < 4.78 is 0. The Morgan fingerprint density at radius 3 is 2.17 bits per heavy atom. The molecule has 0 N–H and O–H groups in total. The number of aryl methyl sites for hydroxylation is 1. The molecule has 1 aromatic carbocycles. The second-order valence-electron chi connectivity index (χ2n) is 5.67. The molecule has 0 radical (unpaired) electrons. The molecule has 18 heavy (non-hydrogen) atoms. The molecule has 0 saturated carbocycles. The van der Waals surface area contributed by atoms with Crippen molar-refractivity contribution in [2.45, 2.75) is 40.0 Å². The van der Waals surface area contributed by atoms with E-state index in [1.165, 1.54) is 11.8 Å². The molecule has 0 spiro atoms. The quantitative estimate of drug-likeness (QED) is 0.754. The maximum atomic E-state index is 11.7. The molecule has 3 heteroatoms. The topological polar surface area (TPSA) is 37.4 Å². The van der Waals surface area contributed by atoms with Crippen molar-refractivity contribution in [3.8, 4) is 0 Å². The van der Waals surface area contributed by atoms with Gasteiger partial charge in [-0.25, -0.2) is 0 Å². The van der Waals surface area contributed by atoms with Crippen molar-refractivity contribution in [3.05, 3.63) is 29.3 Å². The first-order valence-corrected chi connectivity index (χ1v) is 6.04. The summed E-state index contributed by atoms with van der Waals surface area (Å²) in [5.74, 6) is -0.928. The van der Waals surface area contributed by atoms with Gasteiger partial charge in [-0.1, -0.05) is 32.9 Å². The van der Waals surface area contributed by atoms with E-state index < -0.39 is 11.7 Å². The van der Waals surface area contributed by atoms with Crippen molar-refractivity contribution in [2.75, 3.05) is 11.9 Å².